The lowest BCUT2D eigenvalue weighted by atomic mass is 10.6. The normalized spacial score (nSPS) is 9.94. The average Bonchev–Trinajstić information content (AvgIpc) is 2.70. The molecule has 1 heterocycles. The minimum atomic E-state index is -0.169. The zero-order chi connectivity index (χ0) is 12.0. The third-order valence-electron chi connectivity index (χ3n) is 1.85. The smallest absolute Gasteiger partial charge is 0.324 e. The highest BCUT2D eigenvalue weighted by Gasteiger charge is 2.05. The van der Waals surface area contributed by atoms with E-state index in [4.69, 9.17) is 0 Å². The maximum absolute atomic E-state index is 10.9. The van der Waals surface area contributed by atoms with Crippen molar-refractivity contribution in [3.63, 3.8) is 0 Å². The van der Waals surface area contributed by atoms with Gasteiger partial charge in [-0.1, -0.05) is 0 Å². The summed E-state index contributed by atoms with van der Waals surface area (Å²) in [6.07, 6.45) is 0. The van der Waals surface area contributed by atoms with E-state index in [0.717, 1.165) is 23.1 Å². The zero-order valence-corrected chi connectivity index (χ0v) is 11.2. The maximum Gasteiger partial charge on any atom is 0.324 e. The summed E-state index contributed by atoms with van der Waals surface area (Å²) in [7, 11) is 3.60. The topological polar surface area (TPSA) is 57.3 Å². The molecule has 0 aliphatic rings. The number of rotatable bonds is 5. The number of aromatic nitrogens is 1. The van der Waals surface area contributed by atoms with Crippen LogP contribution in [-0.4, -0.2) is 37.4 Å². The van der Waals surface area contributed by atoms with Gasteiger partial charge < -0.3 is 10.2 Å². The van der Waals surface area contributed by atoms with E-state index in [1.54, 1.807) is 18.4 Å². The SMILES string of the molecule is CNC(=O)NSCCN(C)c1nc(C)cs1. The lowest BCUT2D eigenvalue weighted by molar-refractivity contribution is 0.248. The van der Waals surface area contributed by atoms with Crippen LogP contribution in [0.5, 0.6) is 0 Å². The van der Waals surface area contributed by atoms with Gasteiger partial charge in [0, 0.05) is 31.8 Å². The van der Waals surface area contributed by atoms with Crippen molar-refractivity contribution in [3.05, 3.63) is 11.1 Å². The first-order valence-corrected chi connectivity index (χ1v) is 6.72. The molecule has 0 aromatic carbocycles. The van der Waals surface area contributed by atoms with E-state index in [1.165, 1.54) is 11.9 Å². The van der Waals surface area contributed by atoms with Crippen molar-refractivity contribution >= 4 is 34.4 Å². The molecule has 0 aliphatic carbocycles. The van der Waals surface area contributed by atoms with Crippen LogP contribution in [0.15, 0.2) is 5.38 Å². The highest BCUT2D eigenvalue weighted by Crippen LogP contribution is 2.18. The molecule has 2 N–H and O–H groups in total. The first kappa shape index (κ1) is 13.1. The molecular formula is C9H16N4OS2. The minimum absolute atomic E-state index is 0.169. The molecular weight excluding hydrogens is 244 g/mol. The Bertz CT molecular complexity index is 342. The summed E-state index contributed by atoms with van der Waals surface area (Å²) < 4.78 is 2.67. The lowest BCUT2D eigenvalue weighted by Gasteiger charge is -2.14. The van der Waals surface area contributed by atoms with Gasteiger partial charge in [-0.15, -0.1) is 11.3 Å². The fourth-order valence-corrected chi connectivity index (χ4v) is 2.46. The number of aryl methyl sites for hydroxylation is 1. The molecule has 0 fully saturated rings. The van der Waals surface area contributed by atoms with Gasteiger partial charge in [0.2, 0.25) is 0 Å². The molecule has 1 aromatic heterocycles. The Morgan fingerprint density at radius 3 is 3.00 bits per heavy atom. The molecule has 16 heavy (non-hydrogen) atoms. The summed E-state index contributed by atoms with van der Waals surface area (Å²) in [4.78, 5) is 17.3. The third-order valence-corrected chi connectivity index (χ3v) is 3.64. The number of carbonyl (C=O) groups is 1. The van der Waals surface area contributed by atoms with E-state index in [0.29, 0.717) is 0 Å². The van der Waals surface area contributed by atoms with E-state index < -0.39 is 0 Å². The van der Waals surface area contributed by atoms with Crippen molar-refractivity contribution < 1.29 is 4.79 Å². The van der Waals surface area contributed by atoms with Crippen molar-refractivity contribution in [2.24, 2.45) is 0 Å². The van der Waals surface area contributed by atoms with Crippen molar-refractivity contribution in [2.75, 3.05) is 31.3 Å². The van der Waals surface area contributed by atoms with Crippen molar-refractivity contribution in [1.29, 1.82) is 0 Å². The van der Waals surface area contributed by atoms with E-state index in [2.05, 4.69) is 19.9 Å². The molecule has 5 nitrogen and oxygen atoms in total. The van der Waals surface area contributed by atoms with E-state index in [1.807, 2.05) is 19.4 Å². The summed E-state index contributed by atoms with van der Waals surface area (Å²) in [6.45, 7) is 2.83. The molecule has 0 saturated heterocycles. The van der Waals surface area contributed by atoms with Gasteiger partial charge in [0.25, 0.3) is 0 Å². The molecule has 7 heteroatoms. The van der Waals surface area contributed by atoms with Gasteiger partial charge >= 0.3 is 6.03 Å². The maximum atomic E-state index is 10.9. The zero-order valence-electron chi connectivity index (χ0n) is 9.61. The van der Waals surface area contributed by atoms with Gasteiger partial charge in [0.15, 0.2) is 5.13 Å². The second-order valence-corrected chi connectivity index (χ2v) is 4.96. The Morgan fingerprint density at radius 1 is 1.69 bits per heavy atom. The Balaban J connectivity index is 2.20. The van der Waals surface area contributed by atoms with Gasteiger partial charge in [0.1, 0.15) is 0 Å². The predicted molar refractivity (Wildman–Crippen MR) is 70.2 cm³/mol. The van der Waals surface area contributed by atoms with Crippen LogP contribution < -0.4 is 14.9 Å². The van der Waals surface area contributed by atoms with Gasteiger partial charge in [-0.05, 0) is 18.9 Å². The fraction of sp³-hybridized carbons (Fsp3) is 0.556. The van der Waals surface area contributed by atoms with Gasteiger partial charge in [0.05, 0.1) is 5.69 Å². The molecule has 0 unspecified atom stereocenters. The Kier molecular flexibility index (Phi) is 5.41. The monoisotopic (exact) mass is 260 g/mol. The predicted octanol–water partition coefficient (Wildman–Crippen LogP) is 1.46. The molecule has 0 bridgehead atoms. The van der Waals surface area contributed by atoms with Gasteiger partial charge in [-0.25, -0.2) is 9.78 Å². The van der Waals surface area contributed by atoms with Crippen molar-refractivity contribution in [3.8, 4) is 0 Å². The lowest BCUT2D eigenvalue weighted by Crippen LogP contribution is -2.29. The third kappa shape index (κ3) is 4.28. The Hall–Kier alpha value is -0.950. The first-order chi connectivity index (χ1) is 7.63. The molecule has 90 valence electrons. The number of amides is 2. The van der Waals surface area contributed by atoms with Crippen molar-refractivity contribution in [1.82, 2.24) is 15.0 Å². The minimum Gasteiger partial charge on any atom is -0.350 e. The Morgan fingerprint density at radius 2 is 2.44 bits per heavy atom. The summed E-state index contributed by atoms with van der Waals surface area (Å²) in [6, 6.07) is -0.169. The molecule has 1 rings (SSSR count). The van der Waals surface area contributed by atoms with Crippen LogP contribution in [0.3, 0.4) is 0 Å². The van der Waals surface area contributed by atoms with E-state index in [9.17, 15) is 4.79 Å². The molecule has 0 atom stereocenters. The van der Waals surface area contributed by atoms with Crippen LogP contribution in [0.4, 0.5) is 9.93 Å². The van der Waals surface area contributed by atoms with Crippen LogP contribution in [0.2, 0.25) is 0 Å². The van der Waals surface area contributed by atoms with Gasteiger partial charge in [-0.2, -0.15) is 0 Å². The van der Waals surface area contributed by atoms with Crippen LogP contribution in [0.25, 0.3) is 0 Å². The van der Waals surface area contributed by atoms with Crippen molar-refractivity contribution in [2.45, 2.75) is 6.92 Å². The van der Waals surface area contributed by atoms with Gasteiger partial charge in [-0.3, -0.25) is 4.72 Å². The highest BCUT2D eigenvalue weighted by atomic mass is 32.2. The molecule has 0 saturated carbocycles. The van der Waals surface area contributed by atoms with E-state index >= 15 is 0 Å². The molecule has 0 spiro atoms. The molecule has 1 aromatic rings. The quantitative estimate of drug-likeness (QED) is 0.622. The molecule has 0 aliphatic heterocycles. The number of hydrogen-bond donors (Lipinski definition) is 2. The van der Waals surface area contributed by atoms with Crippen LogP contribution >= 0.6 is 23.3 Å². The number of urea groups is 1. The number of nitrogens with one attached hydrogen (secondary N) is 2. The van der Waals surface area contributed by atoms with Crippen LogP contribution in [-0.2, 0) is 0 Å². The van der Waals surface area contributed by atoms with Crippen LogP contribution in [0, 0.1) is 6.92 Å². The number of nitrogens with zero attached hydrogens (tertiary/aromatic N) is 2. The summed E-state index contributed by atoms with van der Waals surface area (Å²) in [5.74, 6) is 0.822. The summed E-state index contributed by atoms with van der Waals surface area (Å²) in [5.41, 5.74) is 1.04. The Labute approximate surface area is 104 Å². The second kappa shape index (κ2) is 6.59. The first-order valence-electron chi connectivity index (χ1n) is 4.86. The number of hydrogen-bond acceptors (Lipinski definition) is 5. The number of thiazole rings is 1. The van der Waals surface area contributed by atoms with E-state index in [-0.39, 0.29) is 6.03 Å². The fourth-order valence-electron chi connectivity index (χ4n) is 0.963. The largest absolute Gasteiger partial charge is 0.350 e. The number of anilines is 1. The standard InChI is InChI=1S/C9H16N4OS2/c1-7-6-15-9(11-7)13(3)4-5-16-12-8(14)10-2/h6H,4-5H2,1-3H3,(H2,10,12,14). The second-order valence-electron chi connectivity index (χ2n) is 3.22. The summed E-state index contributed by atoms with van der Waals surface area (Å²) >= 11 is 3.02. The number of carbonyl (C=O) groups excluding carboxylic acids is 1. The molecule has 0 radical (unpaired) electrons. The van der Waals surface area contributed by atoms with Crippen LogP contribution in [0.1, 0.15) is 5.69 Å². The molecule has 2 amide bonds. The summed E-state index contributed by atoms with van der Waals surface area (Å²) in [5, 5.41) is 5.53. The average molecular weight is 260 g/mol. The highest BCUT2D eigenvalue weighted by molar-refractivity contribution is 7.97.